The van der Waals surface area contributed by atoms with E-state index in [9.17, 15) is 4.79 Å². The summed E-state index contributed by atoms with van der Waals surface area (Å²) in [6, 6.07) is 11.2. The zero-order chi connectivity index (χ0) is 12.0. The van der Waals surface area contributed by atoms with Crippen molar-refractivity contribution in [1.82, 2.24) is 9.55 Å². The molecule has 0 bridgehead atoms. The van der Waals surface area contributed by atoms with Gasteiger partial charge in [-0.1, -0.05) is 12.1 Å². The number of hydrogen-bond acceptors (Lipinski definition) is 3. The highest BCUT2D eigenvalue weighted by Crippen LogP contribution is 2.22. The van der Waals surface area contributed by atoms with Crippen molar-refractivity contribution in [1.29, 1.82) is 0 Å². The molecule has 4 nitrogen and oxygen atoms in total. The van der Waals surface area contributed by atoms with Gasteiger partial charge in [-0.3, -0.25) is 4.79 Å². The van der Waals surface area contributed by atoms with Crippen molar-refractivity contribution in [2.45, 2.75) is 0 Å². The lowest BCUT2D eigenvalue weighted by Gasteiger charge is -2.13. The molecule has 0 aromatic heterocycles. The summed E-state index contributed by atoms with van der Waals surface area (Å²) in [6.45, 7) is 0. The summed E-state index contributed by atoms with van der Waals surface area (Å²) in [5, 5.41) is 0. The van der Waals surface area contributed by atoms with Crippen molar-refractivity contribution in [3.05, 3.63) is 46.6 Å². The Labute approximate surface area is 97.7 Å². The van der Waals surface area contributed by atoms with Gasteiger partial charge in [-0.25, -0.2) is 4.98 Å². The third-order valence-electron chi connectivity index (χ3n) is 2.98. The Morgan fingerprint density at radius 3 is 2.76 bits per heavy atom. The lowest BCUT2D eigenvalue weighted by molar-refractivity contribution is 0.945. The minimum Gasteiger partial charge on any atom is -0.395 e. The fraction of sp³-hybridized carbons (Fsp3) is 0.0769. The van der Waals surface area contributed by atoms with Gasteiger partial charge < -0.3 is 10.3 Å². The lowest BCUT2D eigenvalue weighted by atomic mass is 10.1. The van der Waals surface area contributed by atoms with E-state index in [0.29, 0.717) is 5.69 Å². The van der Waals surface area contributed by atoms with Crippen LogP contribution in [0.5, 0.6) is 0 Å². The SMILES string of the molecule is Cn1c2ccc(N)c(=O)c-2nc2ccccc21. The summed E-state index contributed by atoms with van der Waals surface area (Å²) >= 11 is 0. The van der Waals surface area contributed by atoms with Crippen LogP contribution in [0.15, 0.2) is 41.2 Å². The van der Waals surface area contributed by atoms with Crippen molar-refractivity contribution >= 4 is 16.7 Å². The van der Waals surface area contributed by atoms with Gasteiger partial charge in [0.25, 0.3) is 0 Å². The van der Waals surface area contributed by atoms with Gasteiger partial charge in [-0.15, -0.1) is 0 Å². The van der Waals surface area contributed by atoms with E-state index in [1.165, 1.54) is 0 Å². The maximum atomic E-state index is 11.9. The average molecular weight is 225 g/mol. The lowest BCUT2D eigenvalue weighted by Crippen LogP contribution is -2.16. The maximum Gasteiger partial charge on any atom is 0.229 e. The van der Waals surface area contributed by atoms with Crippen molar-refractivity contribution in [2.75, 3.05) is 5.73 Å². The molecule has 2 aliphatic rings. The Bertz CT molecular complexity index is 745. The van der Waals surface area contributed by atoms with Crippen LogP contribution in [0, 0.1) is 0 Å². The van der Waals surface area contributed by atoms with Gasteiger partial charge in [0, 0.05) is 7.05 Å². The number of benzene rings is 2. The zero-order valence-corrected chi connectivity index (χ0v) is 9.34. The van der Waals surface area contributed by atoms with Crippen molar-refractivity contribution < 1.29 is 0 Å². The summed E-state index contributed by atoms with van der Waals surface area (Å²) in [5.74, 6) is 0. The van der Waals surface area contributed by atoms with E-state index in [0.717, 1.165) is 16.7 Å². The molecule has 1 aromatic carbocycles. The summed E-state index contributed by atoms with van der Waals surface area (Å²) in [7, 11) is 1.92. The van der Waals surface area contributed by atoms with E-state index in [1.807, 2.05) is 41.9 Å². The Morgan fingerprint density at radius 2 is 1.94 bits per heavy atom. The third-order valence-corrected chi connectivity index (χ3v) is 2.98. The van der Waals surface area contributed by atoms with Crippen molar-refractivity contribution in [2.24, 2.45) is 7.05 Å². The van der Waals surface area contributed by atoms with Gasteiger partial charge in [0.2, 0.25) is 5.43 Å². The second-order valence-corrected chi connectivity index (χ2v) is 4.01. The monoisotopic (exact) mass is 225 g/mol. The Hall–Kier alpha value is -2.36. The fourth-order valence-electron chi connectivity index (χ4n) is 2.05. The highest BCUT2D eigenvalue weighted by Gasteiger charge is 2.14. The van der Waals surface area contributed by atoms with E-state index in [4.69, 9.17) is 5.73 Å². The molecule has 0 saturated heterocycles. The minimum absolute atomic E-state index is 0.205. The molecule has 2 N–H and O–H groups in total. The van der Waals surface area contributed by atoms with Crippen LogP contribution in [0.4, 0.5) is 5.69 Å². The van der Waals surface area contributed by atoms with Crippen LogP contribution in [0.25, 0.3) is 22.4 Å². The normalized spacial score (nSPS) is 11.1. The molecule has 1 aliphatic carbocycles. The van der Waals surface area contributed by atoms with Gasteiger partial charge >= 0.3 is 0 Å². The van der Waals surface area contributed by atoms with Crippen LogP contribution in [0.3, 0.4) is 0 Å². The largest absolute Gasteiger partial charge is 0.395 e. The van der Waals surface area contributed by atoms with Crippen LogP contribution in [0.2, 0.25) is 0 Å². The first kappa shape index (κ1) is 9.84. The Balaban J connectivity index is 2.60. The number of hydrogen-bond donors (Lipinski definition) is 1. The molecule has 0 amide bonds. The highest BCUT2D eigenvalue weighted by molar-refractivity contribution is 5.81. The smallest absolute Gasteiger partial charge is 0.229 e. The van der Waals surface area contributed by atoms with Gasteiger partial charge in [-0.2, -0.15) is 0 Å². The molecule has 17 heavy (non-hydrogen) atoms. The second kappa shape index (κ2) is 3.31. The quantitative estimate of drug-likeness (QED) is 0.467. The third kappa shape index (κ3) is 1.30. The predicted molar refractivity (Wildman–Crippen MR) is 68.0 cm³/mol. The molecule has 1 heterocycles. The van der Waals surface area contributed by atoms with E-state index in [1.54, 1.807) is 6.07 Å². The van der Waals surface area contributed by atoms with Crippen LogP contribution in [-0.2, 0) is 7.05 Å². The number of nitrogens with two attached hydrogens (primary N) is 1. The summed E-state index contributed by atoms with van der Waals surface area (Å²) in [6.07, 6.45) is 0. The minimum atomic E-state index is -0.205. The Kier molecular flexibility index (Phi) is 1.92. The number of aryl methyl sites for hydroxylation is 1. The zero-order valence-electron chi connectivity index (χ0n) is 9.34. The predicted octanol–water partition coefficient (Wildman–Crippen LogP) is 1.62. The Morgan fingerprint density at radius 1 is 1.18 bits per heavy atom. The number of aromatic nitrogens is 2. The number of anilines is 1. The van der Waals surface area contributed by atoms with Crippen LogP contribution in [0.1, 0.15) is 0 Å². The molecule has 4 heteroatoms. The van der Waals surface area contributed by atoms with E-state index in [-0.39, 0.29) is 11.1 Å². The number of nitrogens with zero attached hydrogens (tertiary/aromatic N) is 2. The number of para-hydroxylation sites is 2. The number of fused-ring (bicyclic) bond motifs is 2. The first-order valence-electron chi connectivity index (χ1n) is 5.32. The summed E-state index contributed by atoms with van der Waals surface area (Å²) < 4.78 is 1.96. The van der Waals surface area contributed by atoms with Gasteiger partial charge in [0.05, 0.1) is 22.4 Å². The molecule has 1 aromatic rings. The molecule has 84 valence electrons. The van der Waals surface area contributed by atoms with Crippen molar-refractivity contribution in [3.8, 4) is 11.4 Å². The molecule has 0 fully saturated rings. The van der Waals surface area contributed by atoms with Gasteiger partial charge in [0.1, 0.15) is 5.69 Å². The van der Waals surface area contributed by atoms with Crippen LogP contribution >= 0.6 is 0 Å². The molecule has 0 spiro atoms. The van der Waals surface area contributed by atoms with E-state index in [2.05, 4.69) is 4.98 Å². The maximum absolute atomic E-state index is 11.9. The summed E-state index contributed by atoms with van der Waals surface area (Å²) in [5.41, 5.74) is 8.65. The standard InChI is InChI=1S/C13H11N3O/c1-16-10-5-3-2-4-9(10)15-12-11(16)7-6-8(14)13(12)17/h2-7H,14H2,1H3. The van der Waals surface area contributed by atoms with Crippen LogP contribution in [-0.4, -0.2) is 9.55 Å². The first-order valence-corrected chi connectivity index (χ1v) is 5.32. The number of rotatable bonds is 0. The van der Waals surface area contributed by atoms with Gasteiger partial charge in [0.15, 0.2) is 0 Å². The molecule has 0 radical (unpaired) electrons. The topological polar surface area (TPSA) is 60.9 Å². The summed E-state index contributed by atoms with van der Waals surface area (Å²) in [4.78, 5) is 16.3. The van der Waals surface area contributed by atoms with E-state index >= 15 is 0 Å². The molecule has 0 unspecified atom stereocenters. The fourth-order valence-corrected chi connectivity index (χ4v) is 2.05. The van der Waals surface area contributed by atoms with Gasteiger partial charge in [-0.05, 0) is 24.3 Å². The molecule has 3 rings (SSSR count). The van der Waals surface area contributed by atoms with Crippen molar-refractivity contribution in [3.63, 3.8) is 0 Å². The molecule has 0 atom stereocenters. The van der Waals surface area contributed by atoms with E-state index < -0.39 is 0 Å². The molecular weight excluding hydrogens is 214 g/mol. The molecular formula is C13H11N3O. The first-order chi connectivity index (χ1) is 8.18. The molecule has 0 saturated carbocycles. The van der Waals surface area contributed by atoms with Crippen LogP contribution < -0.4 is 11.2 Å². The average Bonchev–Trinajstić information content (AvgIpc) is 2.35. The highest BCUT2D eigenvalue weighted by atomic mass is 16.1. The second-order valence-electron chi connectivity index (χ2n) is 4.01. The molecule has 1 aliphatic heterocycles. The number of nitrogen functional groups attached to an aromatic ring is 1.